The van der Waals surface area contributed by atoms with E-state index >= 15 is 0 Å². The normalized spacial score (nSPS) is 12.2. The third kappa shape index (κ3) is 6.00. The van der Waals surface area contributed by atoms with E-state index < -0.39 is 0 Å². The Morgan fingerprint density at radius 1 is 0.943 bits per heavy atom. The van der Waals surface area contributed by atoms with E-state index in [0.29, 0.717) is 36.8 Å². The molecule has 182 valence electrons. The van der Waals surface area contributed by atoms with Crippen LogP contribution in [0.5, 0.6) is 11.5 Å². The molecule has 0 spiro atoms. The topological polar surface area (TPSA) is 59.9 Å². The summed E-state index contributed by atoms with van der Waals surface area (Å²) < 4.78 is 11.3. The summed E-state index contributed by atoms with van der Waals surface area (Å²) >= 11 is 7.89. The molecule has 1 aliphatic heterocycles. The maximum Gasteiger partial charge on any atom is 0.251 e. The fourth-order valence-electron chi connectivity index (χ4n) is 3.92. The first-order valence-electron chi connectivity index (χ1n) is 11.9. The largest absolute Gasteiger partial charge is 0.490 e. The van der Waals surface area contributed by atoms with Crippen molar-refractivity contribution in [2.45, 2.75) is 43.4 Å². The number of carbonyl (C=O) groups excluding carboxylic acids is 1. The van der Waals surface area contributed by atoms with Gasteiger partial charge in [-0.3, -0.25) is 9.79 Å². The van der Waals surface area contributed by atoms with E-state index in [4.69, 9.17) is 26.1 Å². The lowest BCUT2D eigenvalue weighted by Gasteiger charge is -2.13. The molecule has 3 aromatic rings. The lowest BCUT2D eigenvalue weighted by Crippen LogP contribution is -2.25. The van der Waals surface area contributed by atoms with E-state index in [1.165, 1.54) is 0 Å². The summed E-state index contributed by atoms with van der Waals surface area (Å²) in [5.41, 5.74) is 4.49. The molecule has 3 aromatic carbocycles. The summed E-state index contributed by atoms with van der Waals surface area (Å²) in [6.45, 7) is 7.63. The Morgan fingerprint density at radius 2 is 1.71 bits per heavy atom. The van der Waals surface area contributed by atoms with Crippen molar-refractivity contribution in [2.75, 3.05) is 19.8 Å². The molecule has 0 radical (unpaired) electrons. The first-order valence-corrected chi connectivity index (χ1v) is 13.1. The number of nitrogens with one attached hydrogen (secondary N) is 1. The molecular weight excluding hydrogens is 480 g/mol. The number of carbonyl (C=O) groups is 1. The first kappa shape index (κ1) is 25.1. The number of aliphatic imine (C=N–C) groups is 1. The number of hydrogen-bond acceptors (Lipinski definition) is 5. The molecule has 0 fully saturated rings. The van der Waals surface area contributed by atoms with Gasteiger partial charge < -0.3 is 14.8 Å². The average Bonchev–Trinajstić information content (AvgIpc) is 3.01. The number of benzene rings is 3. The molecule has 0 atom stereocenters. The van der Waals surface area contributed by atoms with Crippen molar-refractivity contribution < 1.29 is 14.3 Å². The molecule has 35 heavy (non-hydrogen) atoms. The zero-order valence-corrected chi connectivity index (χ0v) is 21.8. The van der Waals surface area contributed by atoms with Gasteiger partial charge in [-0.25, -0.2) is 0 Å². The highest BCUT2D eigenvalue weighted by Gasteiger charge is 2.18. The third-order valence-corrected chi connectivity index (χ3v) is 6.97. The van der Waals surface area contributed by atoms with Crippen LogP contribution in [0.4, 0.5) is 5.69 Å². The molecule has 0 saturated carbocycles. The van der Waals surface area contributed by atoms with Gasteiger partial charge >= 0.3 is 0 Å². The van der Waals surface area contributed by atoms with Crippen LogP contribution < -0.4 is 14.8 Å². The zero-order valence-electron chi connectivity index (χ0n) is 20.2. The summed E-state index contributed by atoms with van der Waals surface area (Å²) in [4.78, 5) is 19.9. The minimum Gasteiger partial charge on any atom is -0.490 e. The van der Waals surface area contributed by atoms with Crippen LogP contribution in [0.1, 0.15) is 48.7 Å². The van der Waals surface area contributed by atoms with Crippen molar-refractivity contribution in [1.29, 1.82) is 0 Å². The van der Waals surface area contributed by atoms with Crippen LogP contribution in [0.25, 0.3) is 0 Å². The number of fused-ring (bicyclic) bond motifs is 2. The van der Waals surface area contributed by atoms with Crippen molar-refractivity contribution >= 4 is 40.7 Å². The van der Waals surface area contributed by atoms with Crippen LogP contribution in [0.15, 0.2) is 69.4 Å². The fraction of sp³-hybridized carbons (Fsp3) is 0.286. The predicted octanol–water partition coefficient (Wildman–Crippen LogP) is 7.11. The molecule has 0 saturated heterocycles. The minimum atomic E-state index is -0.119. The van der Waals surface area contributed by atoms with Gasteiger partial charge in [0.1, 0.15) is 0 Å². The van der Waals surface area contributed by atoms with Gasteiger partial charge in [-0.2, -0.15) is 0 Å². The van der Waals surface area contributed by atoms with Gasteiger partial charge in [0.25, 0.3) is 5.91 Å². The van der Waals surface area contributed by atoms with E-state index in [0.717, 1.165) is 50.2 Å². The number of hydrogen-bond donors (Lipinski definition) is 1. The van der Waals surface area contributed by atoms with E-state index in [1.54, 1.807) is 11.8 Å². The molecule has 5 nitrogen and oxygen atoms in total. The smallest absolute Gasteiger partial charge is 0.251 e. The molecular formula is C28H29ClN2O3S. The van der Waals surface area contributed by atoms with Gasteiger partial charge in [0.05, 0.1) is 18.9 Å². The number of nitrogens with zero attached hydrogens (tertiary/aromatic N) is 1. The monoisotopic (exact) mass is 508 g/mol. The first-order chi connectivity index (χ1) is 17.0. The van der Waals surface area contributed by atoms with Gasteiger partial charge in [0.2, 0.25) is 0 Å². The Hall–Kier alpha value is -2.96. The van der Waals surface area contributed by atoms with E-state index in [2.05, 4.69) is 12.2 Å². The van der Waals surface area contributed by atoms with Crippen LogP contribution in [-0.4, -0.2) is 31.4 Å². The highest BCUT2D eigenvalue weighted by atomic mass is 35.5. The molecule has 1 N–H and O–H groups in total. The lowest BCUT2D eigenvalue weighted by atomic mass is 10.1. The number of rotatable bonds is 9. The van der Waals surface area contributed by atoms with Crippen molar-refractivity contribution in [3.05, 3.63) is 76.3 Å². The van der Waals surface area contributed by atoms with Crippen LogP contribution in [-0.2, 0) is 6.42 Å². The third-order valence-electron chi connectivity index (χ3n) is 5.59. The second-order valence-electron chi connectivity index (χ2n) is 7.99. The second kappa shape index (κ2) is 11.6. The van der Waals surface area contributed by atoms with Crippen molar-refractivity contribution in [1.82, 2.24) is 5.32 Å². The number of amides is 1. The van der Waals surface area contributed by atoms with Gasteiger partial charge in [-0.1, -0.05) is 36.4 Å². The molecule has 4 rings (SSSR count). The minimum absolute atomic E-state index is 0.119. The molecule has 1 amide bonds. The molecule has 1 aliphatic rings. The summed E-state index contributed by atoms with van der Waals surface area (Å²) in [6.07, 6.45) is 1.46. The SMILES string of the molecule is CCOc1ccc(CCNC(=O)c2ccc3c(c2)N=C(CC)c2cc(Cl)ccc2S3)cc1OCC. The Bertz CT molecular complexity index is 1260. The van der Waals surface area contributed by atoms with Gasteiger partial charge in [-0.05, 0) is 80.8 Å². The average molecular weight is 509 g/mol. The maximum atomic E-state index is 12.9. The summed E-state index contributed by atoms with van der Waals surface area (Å²) in [6, 6.07) is 17.5. The Balaban J connectivity index is 1.46. The van der Waals surface area contributed by atoms with Crippen molar-refractivity contribution in [3.63, 3.8) is 0 Å². The van der Waals surface area contributed by atoms with Crippen molar-refractivity contribution in [2.24, 2.45) is 4.99 Å². The molecule has 0 aromatic heterocycles. The maximum absolute atomic E-state index is 12.9. The summed E-state index contributed by atoms with van der Waals surface area (Å²) in [7, 11) is 0. The van der Waals surface area contributed by atoms with Crippen LogP contribution in [0.2, 0.25) is 5.02 Å². The van der Waals surface area contributed by atoms with Crippen LogP contribution in [0.3, 0.4) is 0 Å². The van der Waals surface area contributed by atoms with Crippen molar-refractivity contribution in [3.8, 4) is 11.5 Å². The standard InChI is InChI=1S/C28H29ClN2O3S/c1-4-22-21-17-20(29)9-12-26(21)35-27-11-8-19(16-23(27)31-22)28(32)30-14-13-18-7-10-24(33-5-2)25(15-18)34-6-3/h7-12,15-17H,4-6,13-14H2,1-3H3,(H,30,32). The quantitative estimate of drug-likeness (QED) is 0.334. The molecule has 0 bridgehead atoms. The lowest BCUT2D eigenvalue weighted by molar-refractivity contribution is 0.0954. The molecule has 0 unspecified atom stereocenters. The molecule has 0 aliphatic carbocycles. The Kier molecular flexibility index (Phi) is 8.37. The summed E-state index contributed by atoms with van der Waals surface area (Å²) in [5.74, 6) is 1.35. The predicted molar refractivity (Wildman–Crippen MR) is 143 cm³/mol. The Morgan fingerprint density at radius 3 is 2.49 bits per heavy atom. The van der Waals surface area contributed by atoms with Gasteiger partial charge in [-0.15, -0.1) is 0 Å². The highest BCUT2D eigenvalue weighted by molar-refractivity contribution is 7.99. The van der Waals surface area contributed by atoms with Gasteiger partial charge in [0.15, 0.2) is 11.5 Å². The molecule has 7 heteroatoms. The number of halogens is 1. The Labute approximate surface area is 215 Å². The fourth-order valence-corrected chi connectivity index (χ4v) is 5.09. The molecule has 1 heterocycles. The zero-order chi connectivity index (χ0) is 24.8. The van der Waals surface area contributed by atoms with Gasteiger partial charge in [0, 0.05) is 38.2 Å². The van der Waals surface area contributed by atoms with E-state index in [-0.39, 0.29) is 5.91 Å². The van der Waals surface area contributed by atoms with Crippen LogP contribution >= 0.6 is 23.4 Å². The highest BCUT2D eigenvalue weighted by Crippen LogP contribution is 2.41. The second-order valence-corrected chi connectivity index (χ2v) is 9.51. The van der Waals surface area contributed by atoms with E-state index in [1.807, 2.05) is 68.4 Å². The van der Waals surface area contributed by atoms with E-state index in [9.17, 15) is 4.79 Å². The number of ether oxygens (including phenoxy) is 2. The van der Waals surface area contributed by atoms with Crippen LogP contribution in [0, 0.1) is 0 Å². The summed E-state index contributed by atoms with van der Waals surface area (Å²) in [5, 5.41) is 3.72.